The van der Waals surface area contributed by atoms with Gasteiger partial charge in [-0.15, -0.1) is 0 Å². The molecule has 0 saturated carbocycles. The molecule has 3 nitrogen and oxygen atoms in total. The van der Waals surface area contributed by atoms with Gasteiger partial charge in [0.2, 0.25) is 0 Å². The summed E-state index contributed by atoms with van der Waals surface area (Å²) in [6, 6.07) is 11.5. The largest absolute Gasteiger partial charge is 0.504 e. The normalized spacial score (nSPS) is 10.8. The number of hydrogen-bond acceptors (Lipinski definition) is 3. The van der Waals surface area contributed by atoms with E-state index < -0.39 is 0 Å². The third-order valence-corrected chi connectivity index (χ3v) is 3.47. The molecule has 0 heterocycles. The molecule has 0 saturated heterocycles. The van der Waals surface area contributed by atoms with Gasteiger partial charge in [0.15, 0.2) is 11.5 Å². The summed E-state index contributed by atoms with van der Waals surface area (Å²) in [5.74, 6) is -0.153. The monoisotopic (exact) mass is 335 g/mol. The minimum absolute atomic E-state index is 0.0596. The molecule has 2 aromatic rings. The second-order valence-electron chi connectivity index (χ2n) is 5.07. The van der Waals surface area contributed by atoms with Gasteiger partial charge in [-0.2, -0.15) is 0 Å². The van der Waals surface area contributed by atoms with Crippen LogP contribution in [0.2, 0.25) is 0 Å². The van der Waals surface area contributed by atoms with Crippen LogP contribution in [0.1, 0.15) is 25.0 Å². The van der Waals surface area contributed by atoms with Gasteiger partial charge in [0.25, 0.3) is 0 Å². The van der Waals surface area contributed by atoms with Crippen molar-refractivity contribution in [3.8, 4) is 11.5 Å². The molecule has 20 heavy (non-hydrogen) atoms. The second-order valence-corrected chi connectivity index (χ2v) is 5.98. The fourth-order valence-electron chi connectivity index (χ4n) is 2.10. The van der Waals surface area contributed by atoms with Gasteiger partial charge in [0.1, 0.15) is 0 Å². The Hall–Kier alpha value is -1.68. The van der Waals surface area contributed by atoms with E-state index in [1.54, 1.807) is 6.07 Å². The molecular weight excluding hydrogens is 318 g/mol. The fraction of sp³-hybridized carbons (Fsp3) is 0.250. The molecule has 2 aromatic carbocycles. The first-order chi connectivity index (χ1) is 9.47. The third-order valence-electron chi connectivity index (χ3n) is 2.98. The first-order valence-corrected chi connectivity index (χ1v) is 7.31. The van der Waals surface area contributed by atoms with Crippen molar-refractivity contribution < 1.29 is 10.2 Å². The van der Waals surface area contributed by atoms with Crippen LogP contribution >= 0.6 is 15.9 Å². The molecule has 0 unspecified atom stereocenters. The molecule has 0 radical (unpaired) electrons. The van der Waals surface area contributed by atoms with Gasteiger partial charge in [-0.05, 0) is 43.7 Å². The highest BCUT2D eigenvalue weighted by Gasteiger charge is 2.13. The van der Waals surface area contributed by atoms with Gasteiger partial charge < -0.3 is 15.5 Å². The van der Waals surface area contributed by atoms with Crippen molar-refractivity contribution in [2.45, 2.75) is 26.3 Å². The number of aromatic hydroxyl groups is 2. The predicted octanol–water partition coefficient (Wildman–Crippen LogP) is 4.27. The zero-order chi connectivity index (χ0) is 14.7. The number of benzene rings is 2. The lowest BCUT2D eigenvalue weighted by Crippen LogP contribution is -2.11. The SMILES string of the molecule is CC(C)Nc1ccc(O)c(O)c1Cc1cccc(Br)c1. The molecule has 0 bridgehead atoms. The van der Waals surface area contributed by atoms with Crippen LogP contribution in [0, 0.1) is 0 Å². The Morgan fingerprint density at radius 2 is 1.90 bits per heavy atom. The van der Waals surface area contributed by atoms with Gasteiger partial charge >= 0.3 is 0 Å². The molecule has 0 amide bonds. The van der Waals surface area contributed by atoms with Crippen molar-refractivity contribution in [3.05, 3.63) is 52.0 Å². The Morgan fingerprint density at radius 3 is 2.55 bits per heavy atom. The minimum Gasteiger partial charge on any atom is -0.504 e. The van der Waals surface area contributed by atoms with Crippen molar-refractivity contribution in [1.29, 1.82) is 0 Å². The molecule has 0 aromatic heterocycles. The van der Waals surface area contributed by atoms with Crippen LogP contribution in [0.4, 0.5) is 5.69 Å². The summed E-state index contributed by atoms with van der Waals surface area (Å²) < 4.78 is 0.994. The number of halogens is 1. The quantitative estimate of drug-likeness (QED) is 0.577. The van der Waals surface area contributed by atoms with Crippen LogP contribution in [0.25, 0.3) is 0 Å². The predicted molar refractivity (Wildman–Crippen MR) is 85.5 cm³/mol. The lowest BCUT2D eigenvalue weighted by molar-refractivity contribution is 0.400. The molecule has 0 aliphatic heterocycles. The lowest BCUT2D eigenvalue weighted by atomic mass is 10.0. The maximum atomic E-state index is 10.1. The van der Waals surface area contributed by atoms with E-state index in [2.05, 4.69) is 21.2 Å². The Bertz CT molecular complexity index is 611. The first kappa shape index (κ1) is 14.7. The standard InChI is InChI=1S/C16H18BrNO2/c1-10(2)18-14-6-7-15(19)16(20)13(14)9-11-4-3-5-12(17)8-11/h3-8,10,18-20H,9H2,1-2H3. The molecule has 0 spiro atoms. The van der Waals surface area contributed by atoms with Crippen molar-refractivity contribution in [1.82, 2.24) is 0 Å². The topological polar surface area (TPSA) is 52.5 Å². The van der Waals surface area contributed by atoms with Crippen molar-refractivity contribution in [2.24, 2.45) is 0 Å². The highest BCUT2D eigenvalue weighted by atomic mass is 79.9. The van der Waals surface area contributed by atoms with E-state index >= 15 is 0 Å². The highest BCUT2D eigenvalue weighted by Crippen LogP contribution is 2.36. The number of anilines is 1. The van der Waals surface area contributed by atoms with Crippen LogP contribution < -0.4 is 5.32 Å². The van der Waals surface area contributed by atoms with E-state index in [-0.39, 0.29) is 17.5 Å². The fourth-order valence-corrected chi connectivity index (χ4v) is 2.55. The number of rotatable bonds is 4. The van der Waals surface area contributed by atoms with Gasteiger partial charge in [0, 0.05) is 28.2 Å². The van der Waals surface area contributed by atoms with Crippen LogP contribution in [-0.2, 0) is 6.42 Å². The van der Waals surface area contributed by atoms with E-state index in [4.69, 9.17) is 0 Å². The van der Waals surface area contributed by atoms with Crippen molar-refractivity contribution in [3.63, 3.8) is 0 Å². The van der Waals surface area contributed by atoms with E-state index in [0.717, 1.165) is 15.7 Å². The number of hydrogen-bond donors (Lipinski definition) is 3. The van der Waals surface area contributed by atoms with Crippen molar-refractivity contribution in [2.75, 3.05) is 5.32 Å². The van der Waals surface area contributed by atoms with E-state index in [1.165, 1.54) is 6.07 Å². The highest BCUT2D eigenvalue weighted by molar-refractivity contribution is 9.10. The van der Waals surface area contributed by atoms with Crippen LogP contribution in [0.5, 0.6) is 11.5 Å². The van der Waals surface area contributed by atoms with Crippen LogP contribution in [-0.4, -0.2) is 16.3 Å². The molecule has 0 atom stereocenters. The van der Waals surface area contributed by atoms with Crippen molar-refractivity contribution >= 4 is 21.6 Å². The Morgan fingerprint density at radius 1 is 1.15 bits per heavy atom. The Balaban J connectivity index is 2.40. The molecular formula is C16H18BrNO2. The summed E-state index contributed by atoms with van der Waals surface area (Å²) in [5, 5.41) is 23.1. The average Bonchev–Trinajstić information content (AvgIpc) is 2.38. The summed E-state index contributed by atoms with van der Waals surface area (Å²) in [6.07, 6.45) is 0.550. The number of nitrogens with one attached hydrogen (secondary N) is 1. The van der Waals surface area contributed by atoms with Gasteiger partial charge in [-0.3, -0.25) is 0 Å². The number of phenols is 2. The minimum atomic E-state index is -0.0932. The third kappa shape index (κ3) is 3.45. The van der Waals surface area contributed by atoms with E-state index in [9.17, 15) is 10.2 Å². The molecule has 0 fully saturated rings. The molecule has 0 aliphatic carbocycles. The molecule has 106 valence electrons. The zero-order valence-corrected chi connectivity index (χ0v) is 13.1. The Labute approximate surface area is 127 Å². The Kier molecular flexibility index (Phi) is 4.55. The molecule has 4 heteroatoms. The van der Waals surface area contributed by atoms with E-state index in [0.29, 0.717) is 12.0 Å². The zero-order valence-electron chi connectivity index (χ0n) is 11.5. The molecule has 2 rings (SSSR count). The summed E-state index contributed by atoms with van der Waals surface area (Å²) in [4.78, 5) is 0. The maximum Gasteiger partial charge on any atom is 0.163 e. The molecule has 3 N–H and O–H groups in total. The van der Waals surface area contributed by atoms with Crippen LogP contribution in [0.3, 0.4) is 0 Å². The summed E-state index contributed by atoms with van der Waals surface area (Å²) in [5.41, 5.74) is 2.61. The average molecular weight is 336 g/mol. The maximum absolute atomic E-state index is 10.1. The number of phenolic OH excluding ortho intramolecular Hbond substituents is 2. The van der Waals surface area contributed by atoms with E-state index in [1.807, 2.05) is 38.1 Å². The van der Waals surface area contributed by atoms with Gasteiger partial charge in [-0.25, -0.2) is 0 Å². The summed E-state index contributed by atoms with van der Waals surface area (Å²) in [7, 11) is 0. The smallest absolute Gasteiger partial charge is 0.163 e. The van der Waals surface area contributed by atoms with Crippen LogP contribution in [0.15, 0.2) is 40.9 Å². The van der Waals surface area contributed by atoms with Gasteiger partial charge in [-0.1, -0.05) is 28.1 Å². The molecule has 0 aliphatic rings. The lowest BCUT2D eigenvalue weighted by Gasteiger charge is -2.17. The summed E-state index contributed by atoms with van der Waals surface area (Å²) >= 11 is 3.44. The van der Waals surface area contributed by atoms with Gasteiger partial charge in [0.05, 0.1) is 0 Å². The summed E-state index contributed by atoms with van der Waals surface area (Å²) in [6.45, 7) is 4.07. The second kappa shape index (κ2) is 6.18. The first-order valence-electron chi connectivity index (χ1n) is 6.52.